The normalized spacial score (nSPS) is 14.0. The number of rotatable bonds is 12. The van der Waals surface area contributed by atoms with Crippen LogP contribution in [0.2, 0.25) is 0 Å². The Morgan fingerprint density at radius 1 is 0.970 bits per heavy atom. The van der Waals surface area contributed by atoms with Crippen molar-refractivity contribution >= 4 is 28.8 Å². The standard InChI is InChI=1S/C19H32N6.C4H4O4/c1-2-3-11-16-21-17-15(23-24-18(17)19(20)22-16)10-6-4-5-7-12-25-13-8-9-14-25;5-3(6)1-2-4(7)8/h2-14H2,1H3,(H,23,24)(H2,20,21,22);1-2H,(H,5,6)(H,7,8)/b;2-1-. The van der Waals surface area contributed by atoms with Gasteiger partial charge in [0.1, 0.15) is 11.3 Å². The average molecular weight is 461 g/mol. The number of carboxylic acid groups (broad SMARTS) is 2. The molecule has 0 aromatic carbocycles. The number of hydrogen-bond donors (Lipinski definition) is 4. The number of fused-ring (bicyclic) bond motifs is 1. The van der Waals surface area contributed by atoms with Crippen molar-refractivity contribution in [1.29, 1.82) is 0 Å². The molecule has 5 N–H and O–H groups in total. The lowest BCUT2D eigenvalue weighted by atomic mass is 10.1. The van der Waals surface area contributed by atoms with Crippen LogP contribution in [0.1, 0.15) is 69.8 Å². The predicted octanol–water partition coefficient (Wildman–Crippen LogP) is 3.19. The van der Waals surface area contributed by atoms with Gasteiger partial charge in [-0.15, -0.1) is 0 Å². The zero-order valence-corrected chi connectivity index (χ0v) is 19.4. The summed E-state index contributed by atoms with van der Waals surface area (Å²) < 4.78 is 0. The highest BCUT2D eigenvalue weighted by molar-refractivity contribution is 5.89. The number of unbranched alkanes of at least 4 members (excludes halogenated alkanes) is 4. The monoisotopic (exact) mass is 460 g/mol. The van der Waals surface area contributed by atoms with Crippen LogP contribution in [0.3, 0.4) is 0 Å². The maximum Gasteiger partial charge on any atom is 0.328 e. The van der Waals surface area contributed by atoms with Gasteiger partial charge in [-0.2, -0.15) is 5.10 Å². The van der Waals surface area contributed by atoms with Crippen molar-refractivity contribution in [2.75, 3.05) is 25.4 Å². The Balaban J connectivity index is 0.000000414. The van der Waals surface area contributed by atoms with E-state index in [0.717, 1.165) is 48.2 Å². The third kappa shape index (κ3) is 9.56. The van der Waals surface area contributed by atoms with E-state index in [9.17, 15) is 9.59 Å². The molecule has 10 heteroatoms. The Morgan fingerprint density at radius 3 is 2.27 bits per heavy atom. The number of hydrogen-bond acceptors (Lipinski definition) is 7. The van der Waals surface area contributed by atoms with Gasteiger partial charge in [0.25, 0.3) is 0 Å². The molecule has 182 valence electrons. The minimum atomic E-state index is -1.26. The summed E-state index contributed by atoms with van der Waals surface area (Å²) in [6, 6.07) is 0. The van der Waals surface area contributed by atoms with Gasteiger partial charge in [0, 0.05) is 18.6 Å². The van der Waals surface area contributed by atoms with E-state index in [4.69, 9.17) is 20.9 Å². The van der Waals surface area contributed by atoms with Gasteiger partial charge < -0.3 is 20.8 Å². The largest absolute Gasteiger partial charge is 0.478 e. The predicted molar refractivity (Wildman–Crippen MR) is 127 cm³/mol. The molecule has 1 saturated heterocycles. The molecule has 3 rings (SSSR count). The number of aliphatic carboxylic acids is 2. The number of carbonyl (C=O) groups is 2. The third-order valence-corrected chi connectivity index (χ3v) is 5.52. The molecule has 0 saturated carbocycles. The van der Waals surface area contributed by atoms with E-state index in [2.05, 4.69) is 27.0 Å². The van der Waals surface area contributed by atoms with Crippen LogP contribution in [-0.4, -0.2) is 66.9 Å². The van der Waals surface area contributed by atoms with E-state index in [-0.39, 0.29) is 0 Å². The molecule has 0 bridgehead atoms. The smallest absolute Gasteiger partial charge is 0.328 e. The number of aromatic amines is 1. The van der Waals surface area contributed by atoms with Gasteiger partial charge in [0.2, 0.25) is 0 Å². The number of likely N-dealkylation sites (tertiary alicyclic amines) is 1. The second-order valence-electron chi connectivity index (χ2n) is 8.25. The Labute approximate surface area is 194 Å². The topological polar surface area (TPSA) is 158 Å². The molecule has 0 unspecified atom stereocenters. The fourth-order valence-corrected chi connectivity index (χ4v) is 3.78. The molecule has 33 heavy (non-hydrogen) atoms. The Bertz CT molecular complexity index is 905. The minimum Gasteiger partial charge on any atom is -0.478 e. The third-order valence-electron chi connectivity index (χ3n) is 5.52. The lowest BCUT2D eigenvalue weighted by Crippen LogP contribution is -2.20. The van der Waals surface area contributed by atoms with Crippen molar-refractivity contribution in [3.63, 3.8) is 0 Å². The lowest BCUT2D eigenvalue weighted by molar-refractivity contribution is -0.134. The molecule has 1 fully saturated rings. The quantitative estimate of drug-likeness (QED) is 0.275. The van der Waals surface area contributed by atoms with E-state index in [1.165, 1.54) is 58.2 Å². The molecule has 1 aliphatic rings. The first kappa shape index (κ1) is 26.2. The highest BCUT2D eigenvalue weighted by Crippen LogP contribution is 2.21. The van der Waals surface area contributed by atoms with Crippen molar-refractivity contribution in [3.05, 3.63) is 23.7 Å². The Morgan fingerprint density at radius 2 is 1.64 bits per heavy atom. The van der Waals surface area contributed by atoms with Crippen molar-refractivity contribution in [1.82, 2.24) is 25.1 Å². The van der Waals surface area contributed by atoms with Gasteiger partial charge in [-0.05, 0) is 58.2 Å². The van der Waals surface area contributed by atoms with Crippen LogP contribution in [0.25, 0.3) is 11.0 Å². The summed E-state index contributed by atoms with van der Waals surface area (Å²) >= 11 is 0. The Hall–Kier alpha value is -3.01. The Kier molecular flexibility index (Phi) is 11.3. The van der Waals surface area contributed by atoms with E-state index in [0.29, 0.717) is 18.0 Å². The first-order chi connectivity index (χ1) is 15.9. The summed E-state index contributed by atoms with van der Waals surface area (Å²) in [6.07, 6.45) is 13.1. The molecule has 0 aliphatic carbocycles. The fraction of sp³-hybridized carbons (Fsp3) is 0.609. The van der Waals surface area contributed by atoms with Crippen LogP contribution in [0.4, 0.5) is 5.82 Å². The highest BCUT2D eigenvalue weighted by Gasteiger charge is 2.13. The van der Waals surface area contributed by atoms with Gasteiger partial charge in [0.05, 0.1) is 5.69 Å². The summed E-state index contributed by atoms with van der Waals surface area (Å²) in [4.78, 5) is 30.8. The number of aromatic nitrogens is 4. The number of nitrogens with two attached hydrogens (primary N) is 1. The zero-order valence-electron chi connectivity index (χ0n) is 19.4. The summed E-state index contributed by atoms with van der Waals surface area (Å²) in [6.45, 7) is 6.07. The number of nitrogen functional groups attached to an aromatic ring is 1. The van der Waals surface area contributed by atoms with E-state index in [1.54, 1.807) is 0 Å². The first-order valence-corrected chi connectivity index (χ1v) is 11.8. The van der Waals surface area contributed by atoms with Gasteiger partial charge in [0.15, 0.2) is 11.3 Å². The van der Waals surface area contributed by atoms with Crippen LogP contribution in [0, 0.1) is 0 Å². The number of nitrogens with zero attached hydrogens (tertiary/aromatic N) is 4. The molecule has 1 aliphatic heterocycles. The summed E-state index contributed by atoms with van der Waals surface area (Å²) in [5.41, 5.74) is 8.82. The fourth-order valence-electron chi connectivity index (χ4n) is 3.78. The molecule has 2 aromatic heterocycles. The molecular formula is C23H36N6O4. The van der Waals surface area contributed by atoms with Crippen LogP contribution in [0.5, 0.6) is 0 Å². The average Bonchev–Trinajstić information content (AvgIpc) is 3.44. The second kappa shape index (κ2) is 14.2. The van der Waals surface area contributed by atoms with E-state index in [1.807, 2.05) is 0 Å². The van der Waals surface area contributed by atoms with Gasteiger partial charge in [-0.1, -0.05) is 26.2 Å². The first-order valence-electron chi connectivity index (χ1n) is 11.8. The van der Waals surface area contributed by atoms with Crippen molar-refractivity contribution in [3.8, 4) is 0 Å². The van der Waals surface area contributed by atoms with Crippen LogP contribution in [0.15, 0.2) is 12.2 Å². The summed E-state index contributed by atoms with van der Waals surface area (Å²) in [5, 5.41) is 23.1. The highest BCUT2D eigenvalue weighted by atomic mass is 16.4. The van der Waals surface area contributed by atoms with E-state index >= 15 is 0 Å². The van der Waals surface area contributed by atoms with Gasteiger partial charge in [-0.3, -0.25) is 5.10 Å². The number of carboxylic acids is 2. The minimum absolute atomic E-state index is 0.504. The van der Waals surface area contributed by atoms with Gasteiger partial charge >= 0.3 is 11.9 Å². The number of aryl methyl sites for hydroxylation is 2. The SMILES string of the molecule is CCCCc1nc(N)c2n[nH]c(CCCCCCN3CCCC3)c2n1.O=C(O)/C=C\C(=O)O. The van der Waals surface area contributed by atoms with Crippen molar-refractivity contribution in [2.24, 2.45) is 0 Å². The molecule has 0 amide bonds. The molecule has 2 aromatic rings. The van der Waals surface area contributed by atoms with Crippen LogP contribution < -0.4 is 5.73 Å². The zero-order chi connectivity index (χ0) is 24.1. The summed E-state index contributed by atoms with van der Waals surface area (Å²) in [5.74, 6) is -1.16. The maximum atomic E-state index is 9.55. The molecule has 0 radical (unpaired) electrons. The molecule has 0 spiro atoms. The lowest BCUT2D eigenvalue weighted by Gasteiger charge is -2.13. The molecular weight excluding hydrogens is 424 g/mol. The van der Waals surface area contributed by atoms with E-state index < -0.39 is 11.9 Å². The number of anilines is 1. The summed E-state index contributed by atoms with van der Waals surface area (Å²) in [7, 11) is 0. The van der Waals surface area contributed by atoms with Crippen LogP contribution >= 0.6 is 0 Å². The molecule has 0 atom stereocenters. The number of nitrogens with one attached hydrogen (secondary N) is 1. The molecule has 3 heterocycles. The van der Waals surface area contributed by atoms with Crippen molar-refractivity contribution in [2.45, 2.75) is 71.1 Å². The van der Waals surface area contributed by atoms with Gasteiger partial charge in [-0.25, -0.2) is 19.6 Å². The maximum absolute atomic E-state index is 9.55. The number of H-pyrrole nitrogens is 1. The van der Waals surface area contributed by atoms with Crippen molar-refractivity contribution < 1.29 is 19.8 Å². The molecule has 10 nitrogen and oxygen atoms in total. The second-order valence-corrected chi connectivity index (χ2v) is 8.25. The van der Waals surface area contributed by atoms with Crippen LogP contribution in [-0.2, 0) is 22.4 Å².